The second-order valence-corrected chi connectivity index (χ2v) is 11.9. The van der Waals surface area contributed by atoms with E-state index in [4.69, 9.17) is 21.3 Å². The molecule has 4 aromatic rings. The summed E-state index contributed by atoms with van der Waals surface area (Å²) in [6.07, 6.45) is 1.23. The van der Waals surface area contributed by atoms with Crippen LogP contribution in [0.4, 0.5) is 10.5 Å². The second-order valence-electron chi connectivity index (χ2n) is 11.5. The van der Waals surface area contributed by atoms with Crippen LogP contribution in [-0.4, -0.2) is 63.2 Å². The molecule has 45 heavy (non-hydrogen) atoms. The Bertz CT molecular complexity index is 1980. The number of aryl methyl sites for hydroxylation is 1. The summed E-state index contributed by atoms with van der Waals surface area (Å²) in [5, 5.41) is 9.12. The number of rotatable bonds is 7. The molecule has 2 aromatic heterocycles. The molecule has 2 saturated heterocycles. The first-order chi connectivity index (χ1) is 21.5. The fraction of sp³-hybridized carbons (Fsp3) is 0.281. The van der Waals surface area contributed by atoms with Crippen molar-refractivity contribution in [3.05, 3.63) is 97.3 Å². The van der Waals surface area contributed by atoms with E-state index in [9.17, 15) is 19.2 Å². The maximum Gasteiger partial charge on any atom is 0.330 e. The number of aromatic nitrogens is 3. The zero-order valence-corrected chi connectivity index (χ0v) is 26.0. The van der Waals surface area contributed by atoms with Gasteiger partial charge in [0.25, 0.3) is 11.5 Å². The molecule has 0 radical (unpaired) electrons. The number of amides is 3. The van der Waals surface area contributed by atoms with Gasteiger partial charge in [0, 0.05) is 68.8 Å². The predicted molar refractivity (Wildman–Crippen MR) is 171 cm³/mol. The average molecular weight is 630 g/mol. The van der Waals surface area contributed by atoms with Crippen LogP contribution in [0.2, 0.25) is 5.02 Å². The number of carbonyl (C=O) groups excluding carboxylic acids is 2. The van der Waals surface area contributed by atoms with Gasteiger partial charge in [-0.25, -0.2) is 14.6 Å². The highest BCUT2D eigenvalue weighted by molar-refractivity contribution is 6.36. The molecule has 12 nitrogen and oxygen atoms in total. The van der Waals surface area contributed by atoms with Crippen LogP contribution in [0, 0.1) is 6.92 Å². The van der Waals surface area contributed by atoms with E-state index < -0.39 is 17.2 Å². The summed E-state index contributed by atoms with van der Waals surface area (Å²) in [5.41, 5.74) is 3.50. The largest absolute Gasteiger partial charge is 0.481 e. The minimum atomic E-state index is -0.678. The molecule has 2 aliphatic heterocycles. The zero-order valence-electron chi connectivity index (χ0n) is 25.2. The number of likely N-dealkylation sites (tertiary alicyclic amines) is 1. The number of methoxy groups -OCH3 is 1. The summed E-state index contributed by atoms with van der Waals surface area (Å²) in [6.45, 7) is 4.59. The number of carbonyl (C=O) groups is 2. The molecule has 0 aliphatic carbocycles. The molecule has 232 valence electrons. The van der Waals surface area contributed by atoms with Crippen molar-refractivity contribution in [3.8, 4) is 28.3 Å². The summed E-state index contributed by atoms with van der Waals surface area (Å²) in [4.78, 5) is 56.4. The first-order valence-corrected chi connectivity index (χ1v) is 14.7. The maximum absolute atomic E-state index is 13.1. The Morgan fingerprint density at radius 2 is 1.76 bits per heavy atom. The van der Waals surface area contributed by atoms with Crippen molar-refractivity contribution in [2.75, 3.05) is 32.1 Å². The van der Waals surface area contributed by atoms with Crippen LogP contribution in [-0.2, 0) is 20.6 Å². The molecule has 1 spiro atoms. The Morgan fingerprint density at radius 3 is 2.47 bits per heavy atom. The van der Waals surface area contributed by atoms with Gasteiger partial charge >= 0.3 is 11.7 Å². The van der Waals surface area contributed by atoms with Gasteiger partial charge in [0.2, 0.25) is 5.88 Å². The molecule has 0 unspecified atom stereocenters. The number of halogens is 1. The highest BCUT2D eigenvalue weighted by Gasteiger charge is 2.47. The third kappa shape index (κ3) is 5.47. The Kier molecular flexibility index (Phi) is 7.71. The fourth-order valence-electron chi connectivity index (χ4n) is 6.00. The smallest absolute Gasteiger partial charge is 0.330 e. The predicted octanol–water partition coefficient (Wildman–Crippen LogP) is 2.90. The SMILES string of the molecule is COc1nc(-c2cccc(-c3cccc(NC(=O)c4cn(C)c(=O)n(C)c4=O)c3C)c2Cl)ccc1CN1CC2(CNC(=O)N2)C1. The normalized spacial score (nSPS) is 15.4. The van der Waals surface area contributed by atoms with E-state index >= 15 is 0 Å². The number of benzene rings is 2. The zero-order chi connectivity index (χ0) is 32.0. The third-order valence-corrected chi connectivity index (χ3v) is 8.79. The van der Waals surface area contributed by atoms with Crippen molar-refractivity contribution in [2.24, 2.45) is 14.1 Å². The van der Waals surface area contributed by atoms with E-state index in [2.05, 4.69) is 20.9 Å². The lowest BCUT2D eigenvalue weighted by atomic mass is 9.90. The first kappa shape index (κ1) is 30.1. The number of hydrogen-bond donors (Lipinski definition) is 3. The molecular formula is C32H32ClN7O5. The molecule has 3 amide bonds. The average Bonchev–Trinajstić information content (AvgIpc) is 3.41. The van der Waals surface area contributed by atoms with Crippen molar-refractivity contribution in [3.63, 3.8) is 0 Å². The molecule has 0 atom stereocenters. The highest BCUT2D eigenvalue weighted by Crippen LogP contribution is 2.39. The van der Waals surface area contributed by atoms with Crippen LogP contribution in [0.5, 0.6) is 5.88 Å². The van der Waals surface area contributed by atoms with Crippen molar-refractivity contribution < 1.29 is 14.3 Å². The van der Waals surface area contributed by atoms with Gasteiger partial charge in [-0.2, -0.15) is 0 Å². The van der Waals surface area contributed by atoms with Gasteiger partial charge in [0.05, 0.1) is 23.4 Å². The van der Waals surface area contributed by atoms with Crippen LogP contribution in [0.1, 0.15) is 21.5 Å². The van der Waals surface area contributed by atoms with Gasteiger partial charge < -0.3 is 25.3 Å². The number of pyridine rings is 1. The number of hydrogen-bond acceptors (Lipinski definition) is 7. The number of anilines is 1. The van der Waals surface area contributed by atoms with Gasteiger partial charge in [-0.1, -0.05) is 48.0 Å². The van der Waals surface area contributed by atoms with E-state index in [1.165, 1.54) is 24.9 Å². The molecule has 13 heteroatoms. The Hall–Kier alpha value is -4.94. The monoisotopic (exact) mass is 629 g/mol. The lowest BCUT2D eigenvalue weighted by Crippen LogP contribution is -2.68. The first-order valence-electron chi connectivity index (χ1n) is 14.3. The van der Waals surface area contributed by atoms with Gasteiger partial charge in [-0.15, -0.1) is 0 Å². The number of nitrogens with zero attached hydrogens (tertiary/aromatic N) is 4. The standard InChI is InChI=1S/C32H32ClN7O5/c1-18-20(7-6-10-24(18)35-27(41)23-14-38(2)31(44)39(3)29(23)42)21-8-5-9-22(26(21)33)25-12-11-19(28(36-25)45-4)13-40-16-32(17-40)15-34-30(43)37-32/h5-12,14H,13,15-17H2,1-4H3,(H,35,41)(H2,34,37,43). The van der Waals surface area contributed by atoms with Crippen molar-refractivity contribution in [2.45, 2.75) is 19.0 Å². The maximum atomic E-state index is 13.1. The number of nitrogens with one attached hydrogen (secondary N) is 3. The molecule has 3 N–H and O–H groups in total. The van der Waals surface area contributed by atoms with Gasteiger partial charge in [0.15, 0.2) is 0 Å². The van der Waals surface area contributed by atoms with E-state index in [0.717, 1.165) is 39.9 Å². The minimum Gasteiger partial charge on any atom is -0.481 e. The van der Waals surface area contributed by atoms with Crippen molar-refractivity contribution in [1.29, 1.82) is 0 Å². The highest BCUT2D eigenvalue weighted by atomic mass is 35.5. The molecule has 2 fully saturated rings. The van der Waals surface area contributed by atoms with Crippen LogP contribution in [0.25, 0.3) is 22.4 Å². The van der Waals surface area contributed by atoms with Crippen LogP contribution in [0.15, 0.2) is 64.3 Å². The molecule has 0 saturated carbocycles. The van der Waals surface area contributed by atoms with Crippen LogP contribution < -0.4 is 31.9 Å². The molecule has 6 rings (SSSR count). The Labute approximate surface area is 263 Å². The van der Waals surface area contributed by atoms with E-state index in [1.54, 1.807) is 19.2 Å². The van der Waals surface area contributed by atoms with Gasteiger partial charge in [-0.3, -0.25) is 19.1 Å². The van der Waals surface area contributed by atoms with E-state index in [-0.39, 0.29) is 17.1 Å². The minimum absolute atomic E-state index is 0.127. The number of urea groups is 1. The summed E-state index contributed by atoms with van der Waals surface area (Å²) in [7, 11) is 4.40. The van der Waals surface area contributed by atoms with Crippen molar-refractivity contribution >= 4 is 29.2 Å². The lowest BCUT2D eigenvalue weighted by Gasteiger charge is -2.47. The summed E-state index contributed by atoms with van der Waals surface area (Å²) < 4.78 is 7.74. The molecule has 2 aliphatic rings. The fourth-order valence-corrected chi connectivity index (χ4v) is 6.33. The van der Waals surface area contributed by atoms with Crippen LogP contribution in [0.3, 0.4) is 0 Å². The van der Waals surface area contributed by atoms with Gasteiger partial charge in [-0.05, 0) is 30.2 Å². The summed E-state index contributed by atoms with van der Waals surface area (Å²) in [5.74, 6) is -0.130. The Morgan fingerprint density at radius 1 is 1.04 bits per heavy atom. The topological polar surface area (TPSA) is 140 Å². The number of ether oxygens (including phenoxy) is 1. The molecule has 4 heterocycles. The summed E-state index contributed by atoms with van der Waals surface area (Å²) in [6, 6.07) is 14.9. The third-order valence-electron chi connectivity index (χ3n) is 8.38. The van der Waals surface area contributed by atoms with E-state index in [0.29, 0.717) is 40.9 Å². The molecule has 0 bridgehead atoms. The molecule has 2 aromatic carbocycles. The van der Waals surface area contributed by atoms with Crippen molar-refractivity contribution in [1.82, 2.24) is 29.7 Å². The molecular weight excluding hydrogens is 598 g/mol. The Balaban J connectivity index is 1.25. The second kappa shape index (κ2) is 11.5. The summed E-state index contributed by atoms with van der Waals surface area (Å²) >= 11 is 7.01. The quantitative estimate of drug-likeness (QED) is 0.286. The van der Waals surface area contributed by atoms with E-state index in [1.807, 2.05) is 43.3 Å². The van der Waals surface area contributed by atoms with Crippen LogP contribution >= 0.6 is 11.6 Å². The van der Waals surface area contributed by atoms with Gasteiger partial charge in [0.1, 0.15) is 5.56 Å². The lowest BCUT2D eigenvalue weighted by molar-refractivity contribution is 0.0587.